The maximum Gasteiger partial charge on any atom is 0.407 e. The van der Waals surface area contributed by atoms with Gasteiger partial charge in [0.05, 0.1) is 0 Å². The first-order valence-electron chi connectivity index (χ1n) is 10.9. The van der Waals surface area contributed by atoms with Crippen LogP contribution in [0.5, 0.6) is 0 Å². The number of carbonyl (C=O) groups excluding carboxylic acids is 2. The number of amides is 1. The van der Waals surface area contributed by atoms with Gasteiger partial charge in [-0.15, -0.1) is 0 Å². The summed E-state index contributed by atoms with van der Waals surface area (Å²) in [6, 6.07) is 21.3. The van der Waals surface area contributed by atoms with Gasteiger partial charge in [-0.05, 0) is 62.4 Å². The second-order valence-corrected chi connectivity index (χ2v) is 8.66. The smallest absolute Gasteiger partial charge is 0.407 e. The van der Waals surface area contributed by atoms with E-state index in [1.54, 1.807) is 6.20 Å². The molecule has 3 aromatic rings. The lowest BCUT2D eigenvalue weighted by Gasteiger charge is -2.20. The van der Waals surface area contributed by atoms with Crippen LogP contribution in [-0.2, 0) is 17.7 Å². The van der Waals surface area contributed by atoms with E-state index in [1.165, 1.54) is 0 Å². The number of carbonyl (C=O) groups is 2. The van der Waals surface area contributed by atoms with Gasteiger partial charge < -0.3 is 10.1 Å². The zero-order chi connectivity index (χ0) is 23.0. The molecule has 2 aromatic carbocycles. The second-order valence-electron chi connectivity index (χ2n) is 8.66. The molecule has 0 fully saturated rings. The molecular weight excluding hydrogens is 400 g/mol. The van der Waals surface area contributed by atoms with Crippen molar-refractivity contribution in [2.45, 2.75) is 52.2 Å². The number of ether oxygens (including phenoxy) is 1. The highest BCUT2D eigenvalue weighted by Gasteiger charge is 2.18. The van der Waals surface area contributed by atoms with Crippen molar-refractivity contribution in [2.75, 3.05) is 0 Å². The number of hydrogen-bond acceptors (Lipinski definition) is 4. The molecule has 0 saturated carbocycles. The highest BCUT2D eigenvalue weighted by atomic mass is 16.6. The molecule has 0 aliphatic rings. The van der Waals surface area contributed by atoms with Crippen molar-refractivity contribution in [3.05, 3.63) is 89.7 Å². The predicted octanol–water partition coefficient (Wildman–Crippen LogP) is 5.98. The number of nitrogens with one attached hydrogen (secondary N) is 1. The van der Waals surface area contributed by atoms with Gasteiger partial charge in [-0.2, -0.15) is 0 Å². The van der Waals surface area contributed by atoms with Crippen molar-refractivity contribution >= 4 is 11.9 Å². The summed E-state index contributed by atoms with van der Waals surface area (Å²) in [7, 11) is 0. The molecule has 1 aromatic heterocycles. The van der Waals surface area contributed by atoms with Crippen molar-refractivity contribution in [1.29, 1.82) is 0 Å². The van der Waals surface area contributed by atoms with Crippen molar-refractivity contribution in [2.24, 2.45) is 0 Å². The minimum Gasteiger partial charge on any atom is -0.444 e. The molecule has 0 saturated heterocycles. The maximum absolute atomic E-state index is 13.1. The number of pyridine rings is 1. The number of alkyl carbamates (subject to hydrolysis) is 1. The first-order valence-corrected chi connectivity index (χ1v) is 10.9. The Morgan fingerprint density at radius 1 is 0.906 bits per heavy atom. The quantitative estimate of drug-likeness (QED) is 0.447. The summed E-state index contributed by atoms with van der Waals surface area (Å²) in [6.45, 7) is 5.80. The molecule has 0 radical (unpaired) electrons. The van der Waals surface area contributed by atoms with Gasteiger partial charge in [0.1, 0.15) is 5.60 Å². The number of ketones is 1. The van der Waals surface area contributed by atoms with Gasteiger partial charge in [0.2, 0.25) is 0 Å². The number of Topliss-reactive ketones (excluding diaryl/α,β-unsaturated/α-hetero) is 1. The average Bonchev–Trinajstić information content (AvgIpc) is 2.77. The number of aryl methyl sites for hydroxylation is 1. The summed E-state index contributed by atoms with van der Waals surface area (Å²) < 4.78 is 5.34. The number of aromatic nitrogens is 1. The topological polar surface area (TPSA) is 68.3 Å². The minimum atomic E-state index is -0.558. The zero-order valence-corrected chi connectivity index (χ0v) is 18.9. The molecule has 0 spiro atoms. The number of rotatable bonds is 8. The minimum absolute atomic E-state index is 0.103. The van der Waals surface area contributed by atoms with Crippen LogP contribution in [0.15, 0.2) is 72.9 Å². The van der Waals surface area contributed by atoms with E-state index in [2.05, 4.69) is 10.3 Å². The molecule has 0 unspecified atom stereocenters. The molecule has 0 aliphatic heterocycles. The summed E-state index contributed by atoms with van der Waals surface area (Å²) in [5.41, 5.74) is 3.85. The Morgan fingerprint density at radius 2 is 1.59 bits per heavy atom. The number of nitrogens with zero attached hydrogens (tertiary/aromatic N) is 1. The highest BCUT2D eigenvalue weighted by Crippen LogP contribution is 2.28. The molecule has 166 valence electrons. The third-order valence-electron chi connectivity index (χ3n) is 4.92. The van der Waals surface area contributed by atoms with Crippen LogP contribution in [0, 0.1) is 0 Å². The SMILES string of the molecule is CC(C)(C)OC(=O)NCc1ccccc1-c1ccccc1C(=O)CCCc1ccccn1. The zero-order valence-electron chi connectivity index (χ0n) is 18.9. The molecule has 5 heteroatoms. The van der Waals surface area contributed by atoms with Crippen molar-refractivity contribution in [3.63, 3.8) is 0 Å². The van der Waals surface area contributed by atoms with E-state index < -0.39 is 11.7 Å². The Labute approximate surface area is 189 Å². The summed E-state index contributed by atoms with van der Waals surface area (Å²) in [5.74, 6) is 0.103. The van der Waals surface area contributed by atoms with Gasteiger partial charge in [-0.25, -0.2) is 4.79 Å². The maximum atomic E-state index is 13.1. The Kier molecular flexibility index (Phi) is 7.77. The van der Waals surface area contributed by atoms with Crippen molar-refractivity contribution < 1.29 is 14.3 Å². The number of hydrogen-bond donors (Lipinski definition) is 1. The third kappa shape index (κ3) is 6.77. The predicted molar refractivity (Wildman–Crippen MR) is 126 cm³/mol. The van der Waals surface area contributed by atoms with Gasteiger partial charge in [0.25, 0.3) is 0 Å². The first-order chi connectivity index (χ1) is 15.3. The van der Waals surface area contributed by atoms with E-state index in [0.717, 1.165) is 35.2 Å². The van der Waals surface area contributed by atoms with Crippen LogP contribution >= 0.6 is 0 Å². The molecule has 5 nitrogen and oxygen atoms in total. The normalized spacial score (nSPS) is 11.1. The van der Waals surface area contributed by atoms with Crippen LogP contribution < -0.4 is 5.32 Å². The third-order valence-corrected chi connectivity index (χ3v) is 4.92. The van der Waals surface area contributed by atoms with Gasteiger partial charge in [-0.1, -0.05) is 54.6 Å². The molecule has 3 rings (SSSR count). The van der Waals surface area contributed by atoms with E-state index in [4.69, 9.17) is 4.74 Å². The molecule has 0 bridgehead atoms. The van der Waals surface area contributed by atoms with E-state index >= 15 is 0 Å². The van der Waals surface area contributed by atoms with E-state index in [1.807, 2.05) is 87.5 Å². The van der Waals surface area contributed by atoms with E-state index in [-0.39, 0.29) is 5.78 Å². The lowest BCUT2D eigenvalue weighted by atomic mass is 9.92. The van der Waals surface area contributed by atoms with E-state index in [0.29, 0.717) is 18.5 Å². The molecule has 0 aliphatic carbocycles. The summed E-state index contributed by atoms with van der Waals surface area (Å²) in [6.07, 6.45) is 3.27. The van der Waals surface area contributed by atoms with Crippen LogP contribution in [0.2, 0.25) is 0 Å². The van der Waals surface area contributed by atoms with Gasteiger partial charge in [0.15, 0.2) is 5.78 Å². The molecule has 32 heavy (non-hydrogen) atoms. The Bertz CT molecular complexity index is 1060. The van der Waals surface area contributed by atoms with Crippen LogP contribution in [-0.4, -0.2) is 22.5 Å². The van der Waals surface area contributed by atoms with Crippen LogP contribution in [0.4, 0.5) is 4.79 Å². The average molecular weight is 431 g/mol. The lowest BCUT2D eigenvalue weighted by Crippen LogP contribution is -2.32. The van der Waals surface area contributed by atoms with Crippen molar-refractivity contribution in [3.8, 4) is 11.1 Å². The fraction of sp³-hybridized carbons (Fsp3) is 0.296. The Hall–Kier alpha value is -3.47. The lowest BCUT2D eigenvalue weighted by molar-refractivity contribution is 0.0523. The monoisotopic (exact) mass is 430 g/mol. The second kappa shape index (κ2) is 10.7. The van der Waals surface area contributed by atoms with E-state index in [9.17, 15) is 9.59 Å². The van der Waals surface area contributed by atoms with Gasteiger partial charge in [0, 0.05) is 30.4 Å². The van der Waals surface area contributed by atoms with Gasteiger partial charge >= 0.3 is 6.09 Å². The number of benzene rings is 2. The highest BCUT2D eigenvalue weighted by molar-refractivity contribution is 6.02. The molecule has 1 N–H and O–H groups in total. The Balaban J connectivity index is 1.73. The van der Waals surface area contributed by atoms with Crippen LogP contribution in [0.1, 0.15) is 55.2 Å². The molecular formula is C27H30N2O3. The summed E-state index contributed by atoms with van der Waals surface area (Å²) >= 11 is 0. The van der Waals surface area contributed by atoms with Crippen LogP contribution in [0.3, 0.4) is 0 Å². The molecule has 0 atom stereocenters. The van der Waals surface area contributed by atoms with Crippen LogP contribution in [0.25, 0.3) is 11.1 Å². The largest absolute Gasteiger partial charge is 0.444 e. The molecule has 1 amide bonds. The molecule has 1 heterocycles. The fourth-order valence-corrected chi connectivity index (χ4v) is 3.49. The first kappa shape index (κ1) is 23.2. The van der Waals surface area contributed by atoms with Gasteiger partial charge in [-0.3, -0.25) is 9.78 Å². The Morgan fingerprint density at radius 3 is 2.31 bits per heavy atom. The standard InChI is InChI=1S/C27H30N2O3/c1-27(2,3)32-26(31)29-19-20-11-4-5-14-22(20)23-15-6-7-16-24(23)25(30)17-10-13-21-12-8-9-18-28-21/h4-9,11-12,14-16,18H,10,13,17,19H2,1-3H3,(H,29,31). The summed E-state index contributed by atoms with van der Waals surface area (Å²) in [4.78, 5) is 29.5. The van der Waals surface area contributed by atoms with Crippen molar-refractivity contribution in [1.82, 2.24) is 10.3 Å². The summed E-state index contributed by atoms with van der Waals surface area (Å²) in [5, 5.41) is 2.81. The fourth-order valence-electron chi connectivity index (χ4n) is 3.49.